The van der Waals surface area contributed by atoms with Gasteiger partial charge in [-0.1, -0.05) is 28.1 Å². The topological polar surface area (TPSA) is 50.8 Å². The molecule has 27 heavy (non-hydrogen) atoms. The van der Waals surface area contributed by atoms with Crippen molar-refractivity contribution in [3.8, 4) is 0 Å². The highest BCUT2D eigenvalue weighted by Crippen LogP contribution is 2.35. The quantitative estimate of drug-likeness (QED) is 0.693. The SMILES string of the molecule is CC1CN(CCCNC(=O)C2(c3ccc(Br)cc3)CCOCC2)CC(C)O1. The minimum atomic E-state index is -0.471. The monoisotopic (exact) mass is 438 g/mol. The Labute approximate surface area is 170 Å². The fourth-order valence-electron chi connectivity index (χ4n) is 4.28. The van der Waals surface area contributed by atoms with E-state index < -0.39 is 5.41 Å². The third kappa shape index (κ3) is 5.31. The van der Waals surface area contributed by atoms with Crippen molar-refractivity contribution in [2.75, 3.05) is 39.4 Å². The summed E-state index contributed by atoms with van der Waals surface area (Å²) in [7, 11) is 0. The lowest BCUT2D eigenvalue weighted by atomic mass is 9.73. The second-order valence-electron chi connectivity index (χ2n) is 7.83. The summed E-state index contributed by atoms with van der Waals surface area (Å²) >= 11 is 3.48. The Balaban J connectivity index is 1.55. The van der Waals surface area contributed by atoms with Crippen molar-refractivity contribution >= 4 is 21.8 Å². The Morgan fingerprint density at radius 1 is 1.19 bits per heavy atom. The van der Waals surface area contributed by atoms with E-state index in [-0.39, 0.29) is 18.1 Å². The van der Waals surface area contributed by atoms with Crippen LogP contribution in [0.25, 0.3) is 0 Å². The van der Waals surface area contributed by atoms with Gasteiger partial charge in [-0.25, -0.2) is 0 Å². The van der Waals surface area contributed by atoms with Gasteiger partial charge in [0, 0.05) is 43.9 Å². The van der Waals surface area contributed by atoms with Gasteiger partial charge in [0.25, 0.3) is 0 Å². The normalized spacial score (nSPS) is 25.9. The molecule has 2 atom stereocenters. The molecule has 1 aromatic rings. The zero-order valence-corrected chi connectivity index (χ0v) is 18.0. The first-order valence-corrected chi connectivity index (χ1v) is 10.8. The van der Waals surface area contributed by atoms with Gasteiger partial charge in [0.2, 0.25) is 5.91 Å². The average molecular weight is 439 g/mol. The van der Waals surface area contributed by atoms with E-state index in [1.54, 1.807) is 0 Å². The zero-order valence-electron chi connectivity index (χ0n) is 16.4. The first-order chi connectivity index (χ1) is 13.0. The summed E-state index contributed by atoms with van der Waals surface area (Å²) < 4.78 is 12.4. The van der Waals surface area contributed by atoms with Gasteiger partial charge in [0.15, 0.2) is 0 Å². The van der Waals surface area contributed by atoms with Crippen LogP contribution in [0.2, 0.25) is 0 Å². The van der Waals surface area contributed by atoms with E-state index in [1.165, 1.54) is 0 Å². The highest BCUT2D eigenvalue weighted by atomic mass is 79.9. The van der Waals surface area contributed by atoms with Crippen LogP contribution in [0.15, 0.2) is 28.7 Å². The van der Waals surface area contributed by atoms with Gasteiger partial charge in [-0.05, 0) is 50.8 Å². The summed E-state index contributed by atoms with van der Waals surface area (Å²) in [5.41, 5.74) is 0.614. The summed E-state index contributed by atoms with van der Waals surface area (Å²) in [6, 6.07) is 8.15. The zero-order chi connectivity index (χ0) is 19.3. The lowest BCUT2D eigenvalue weighted by Crippen LogP contribution is -2.49. The van der Waals surface area contributed by atoms with Crippen molar-refractivity contribution < 1.29 is 14.3 Å². The predicted octanol–water partition coefficient (Wildman–Crippen LogP) is 3.11. The fourth-order valence-corrected chi connectivity index (χ4v) is 4.54. The number of carbonyl (C=O) groups is 1. The standard InChI is InChI=1S/C21H31BrN2O3/c1-16-14-24(15-17(2)27-16)11-3-10-23-20(25)21(8-12-26-13-9-21)18-4-6-19(22)7-5-18/h4-7,16-17H,3,8-15H2,1-2H3,(H,23,25). The van der Waals surface area contributed by atoms with Crippen LogP contribution in [0.4, 0.5) is 0 Å². The molecular weight excluding hydrogens is 408 g/mol. The van der Waals surface area contributed by atoms with E-state index in [0.29, 0.717) is 19.8 Å². The Morgan fingerprint density at radius 3 is 2.44 bits per heavy atom. The largest absolute Gasteiger partial charge is 0.381 e. The number of amides is 1. The third-order valence-electron chi connectivity index (χ3n) is 5.61. The second kappa shape index (κ2) is 9.50. The number of hydrogen-bond donors (Lipinski definition) is 1. The van der Waals surface area contributed by atoms with E-state index in [4.69, 9.17) is 9.47 Å². The molecule has 5 nitrogen and oxygen atoms in total. The van der Waals surface area contributed by atoms with E-state index in [0.717, 1.165) is 48.9 Å². The number of hydrogen-bond acceptors (Lipinski definition) is 4. The molecule has 6 heteroatoms. The number of benzene rings is 1. The Bertz CT molecular complexity index is 606. The van der Waals surface area contributed by atoms with Crippen molar-refractivity contribution in [2.24, 2.45) is 0 Å². The molecule has 1 aromatic carbocycles. The molecular formula is C21H31BrN2O3. The number of halogens is 1. The number of carbonyl (C=O) groups excluding carboxylic acids is 1. The molecule has 2 saturated heterocycles. The van der Waals surface area contributed by atoms with Crippen LogP contribution in [0.3, 0.4) is 0 Å². The summed E-state index contributed by atoms with van der Waals surface area (Å²) in [6.07, 6.45) is 2.99. The lowest BCUT2D eigenvalue weighted by molar-refractivity contribution is -0.130. The summed E-state index contributed by atoms with van der Waals surface area (Å²) in [4.78, 5) is 15.6. The van der Waals surface area contributed by atoms with Crippen LogP contribution in [-0.4, -0.2) is 62.4 Å². The van der Waals surface area contributed by atoms with Crippen LogP contribution in [0, 0.1) is 0 Å². The van der Waals surface area contributed by atoms with Gasteiger partial charge in [-0.2, -0.15) is 0 Å². The molecule has 3 rings (SSSR count). The second-order valence-corrected chi connectivity index (χ2v) is 8.74. The molecule has 2 aliphatic heterocycles. The molecule has 0 saturated carbocycles. The molecule has 1 amide bonds. The van der Waals surface area contributed by atoms with Gasteiger partial charge < -0.3 is 14.8 Å². The van der Waals surface area contributed by atoms with Crippen LogP contribution >= 0.6 is 15.9 Å². The maximum absolute atomic E-state index is 13.1. The predicted molar refractivity (Wildman–Crippen MR) is 110 cm³/mol. The van der Waals surface area contributed by atoms with Crippen LogP contribution in [0.1, 0.15) is 38.7 Å². The molecule has 0 bridgehead atoms. The van der Waals surface area contributed by atoms with Gasteiger partial charge in [-0.3, -0.25) is 9.69 Å². The van der Waals surface area contributed by atoms with Gasteiger partial charge in [0.1, 0.15) is 0 Å². The summed E-state index contributed by atoms with van der Waals surface area (Å²) in [6.45, 7) is 9.15. The van der Waals surface area contributed by atoms with Crippen molar-refractivity contribution in [3.63, 3.8) is 0 Å². The third-order valence-corrected chi connectivity index (χ3v) is 6.14. The molecule has 2 aliphatic rings. The Morgan fingerprint density at radius 2 is 1.81 bits per heavy atom. The van der Waals surface area contributed by atoms with E-state index >= 15 is 0 Å². The first kappa shape index (κ1) is 20.8. The van der Waals surface area contributed by atoms with Crippen LogP contribution in [0.5, 0.6) is 0 Å². The summed E-state index contributed by atoms with van der Waals surface area (Å²) in [5.74, 6) is 0.136. The van der Waals surface area contributed by atoms with Crippen LogP contribution < -0.4 is 5.32 Å². The molecule has 0 radical (unpaired) electrons. The molecule has 2 heterocycles. The van der Waals surface area contributed by atoms with Gasteiger partial charge in [-0.15, -0.1) is 0 Å². The number of nitrogens with one attached hydrogen (secondary N) is 1. The molecule has 0 spiro atoms. The minimum absolute atomic E-state index is 0.136. The lowest BCUT2D eigenvalue weighted by Gasteiger charge is -2.37. The molecule has 0 aliphatic carbocycles. The average Bonchev–Trinajstić information content (AvgIpc) is 2.65. The maximum atomic E-state index is 13.1. The highest BCUT2D eigenvalue weighted by Gasteiger charge is 2.41. The first-order valence-electron chi connectivity index (χ1n) is 9.99. The Kier molecular flexibility index (Phi) is 7.31. The van der Waals surface area contributed by atoms with E-state index in [1.807, 2.05) is 12.1 Å². The smallest absolute Gasteiger partial charge is 0.230 e. The van der Waals surface area contributed by atoms with Crippen molar-refractivity contribution in [1.29, 1.82) is 0 Å². The van der Waals surface area contributed by atoms with Crippen molar-refractivity contribution in [2.45, 2.75) is 50.7 Å². The van der Waals surface area contributed by atoms with E-state index in [9.17, 15) is 4.79 Å². The molecule has 150 valence electrons. The minimum Gasteiger partial charge on any atom is -0.381 e. The fraction of sp³-hybridized carbons (Fsp3) is 0.667. The number of rotatable bonds is 6. The number of morpholine rings is 1. The maximum Gasteiger partial charge on any atom is 0.230 e. The summed E-state index contributed by atoms with van der Waals surface area (Å²) in [5, 5.41) is 3.20. The molecule has 2 unspecified atom stereocenters. The number of nitrogens with zero attached hydrogens (tertiary/aromatic N) is 1. The molecule has 0 aromatic heterocycles. The molecule has 1 N–H and O–H groups in total. The molecule has 2 fully saturated rings. The Hall–Kier alpha value is -0.950. The van der Waals surface area contributed by atoms with Gasteiger partial charge >= 0.3 is 0 Å². The van der Waals surface area contributed by atoms with E-state index in [2.05, 4.69) is 52.1 Å². The highest BCUT2D eigenvalue weighted by molar-refractivity contribution is 9.10. The van der Waals surface area contributed by atoms with Crippen molar-refractivity contribution in [3.05, 3.63) is 34.3 Å². The van der Waals surface area contributed by atoms with Crippen LogP contribution in [-0.2, 0) is 19.7 Å². The van der Waals surface area contributed by atoms with Crippen molar-refractivity contribution in [1.82, 2.24) is 10.2 Å². The van der Waals surface area contributed by atoms with Gasteiger partial charge in [0.05, 0.1) is 17.6 Å². The number of ether oxygens (including phenoxy) is 2.